The van der Waals surface area contributed by atoms with Crippen LogP contribution in [0.25, 0.3) is 0 Å². The van der Waals surface area contributed by atoms with Gasteiger partial charge in [-0.05, 0) is 35.7 Å². The van der Waals surface area contributed by atoms with Gasteiger partial charge in [-0.3, -0.25) is 14.3 Å². The molecule has 0 saturated carbocycles. The number of hydrogen-bond acceptors (Lipinski definition) is 4. The van der Waals surface area contributed by atoms with Crippen LogP contribution in [0.2, 0.25) is 0 Å². The Kier molecular flexibility index (Phi) is 5.47. The highest BCUT2D eigenvalue weighted by atomic mass is 16.2. The number of benzene rings is 1. The van der Waals surface area contributed by atoms with E-state index in [0.29, 0.717) is 13.1 Å². The van der Waals surface area contributed by atoms with Crippen LogP contribution in [0.5, 0.6) is 0 Å². The van der Waals surface area contributed by atoms with Crippen LogP contribution in [0, 0.1) is 18.3 Å². The summed E-state index contributed by atoms with van der Waals surface area (Å²) in [5.41, 5.74) is 2.37. The molecule has 1 amide bonds. The number of aromatic nitrogens is 3. The number of nitriles is 1. The number of nitrogens with zero attached hydrogens (tertiary/aromatic N) is 4. The van der Waals surface area contributed by atoms with E-state index in [4.69, 9.17) is 5.26 Å². The van der Waals surface area contributed by atoms with Gasteiger partial charge in [0.15, 0.2) is 0 Å². The quantitative estimate of drug-likeness (QED) is 0.721. The highest BCUT2D eigenvalue weighted by Gasteiger charge is 2.10. The van der Waals surface area contributed by atoms with Crippen molar-refractivity contribution in [2.75, 3.05) is 0 Å². The maximum absolute atomic E-state index is 12.3. The fraction of sp³-hybridized carbons (Fsp3) is 0.200. The summed E-state index contributed by atoms with van der Waals surface area (Å²) in [7, 11) is 0. The Labute approximate surface area is 156 Å². The number of nitrogens with one attached hydrogen (secondary N) is 1. The third kappa shape index (κ3) is 4.50. The van der Waals surface area contributed by atoms with Crippen molar-refractivity contribution in [1.82, 2.24) is 19.7 Å². The molecule has 0 aliphatic carbocycles. The highest BCUT2D eigenvalue weighted by molar-refractivity contribution is 5.75. The zero-order valence-electron chi connectivity index (χ0n) is 14.9. The summed E-state index contributed by atoms with van der Waals surface area (Å²) in [6, 6.07) is 13.0. The first kappa shape index (κ1) is 18.1. The predicted molar refractivity (Wildman–Crippen MR) is 99.8 cm³/mol. The molecule has 2 heterocycles. The van der Waals surface area contributed by atoms with Gasteiger partial charge in [-0.1, -0.05) is 24.3 Å². The van der Waals surface area contributed by atoms with Gasteiger partial charge in [0.05, 0.1) is 6.54 Å². The zero-order chi connectivity index (χ0) is 19.2. The number of pyridine rings is 1. The summed E-state index contributed by atoms with van der Waals surface area (Å²) < 4.78 is 3.08. The highest BCUT2D eigenvalue weighted by Crippen LogP contribution is 2.10. The third-order valence-electron chi connectivity index (χ3n) is 4.14. The molecule has 0 aliphatic rings. The number of carbonyl (C=O) groups excluding carboxylic acids is 1. The van der Waals surface area contributed by atoms with Gasteiger partial charge >= 0.3 is 0 Å². The minimum Gasteiger partial charge on any atom is -0.350 e. The van der Waals surface area contributed by atoms with E-state index in [9.17, 15) is 9.59 Å². The van der Waals surface area contributed by atoms with E-state index in [1.807, 2.05) is 47.3 Å². The van der Waals surface area contributed by atoms with Crippen molar-refractivity contribution >= 4 is 5.91 Å². The fourth-order valence-corrected chi connectivity index (χ4v) is 2.84. The topological polar surface area (TPSA) is 92.7 Å². The molecule has 0 fully saturated rings. The van der Waals surface area contributed by atoms with E-state index in [-0.39, 0.29) is 18.0 Å². The lowest BCUT2D eigenvalue weighted by atomic mass is 10.1. The fourth-order valence-electron chi connectivity index (χ4n) is 2.84. The summed E-state index contributed by atoms with van der Waals surface area (Å²) >= 11 is 0. The van der Waals surface area contributed by atoms with Crippen LogP contribution in [-0.2, 0) is 24.4 Å². The minimum absolute atomic E-state index is 0.0346. The molecule has 0 radical (unpaired) electrons. The molecule has 136 valence electrons. The number of aryl methyl sites for hydroxylation is 1. The van der Waals surface area contributed by atoms with Gasteiger partial charge in [-0.2, -0.15) is 10.4 Å². The molecule has 0 unspecified atom stereocenters. The largest absolute Gasteiger partial charge is 0.350 e. The average molecular weight is 361 g/mol. The van der Waals surface area contributed by atoms with Crippen LogP contribution in [0.3, 0.4) is 0 Å². The molecule has 0 spiro atoms. The predicted octanol–water partition coefficient (Wildman–Crippen LogP) is 1.59. The van der Waals surface area contributed by atoms with Crippen molar-refractivity contribution in [1.29, 1.82) is 5.26 Å². The molecule has 0 atom stereocenters. The molecule has 7 heteroatoms. The van der Waals surface area contributed by atoms with Gasteiger partial charge in [0, 0.05) is 25.1 Å². The number of amides is 1. The molecule has 1 aromatic carbocycles. The van der Waals surface area contributed by atoms with Gasteiger partial charge in [0.25, 0.3) is 5.56 Å². The van der Waals surface area contributed by atoms with Crippen molar-refractivity contribution in [2.45, 2.75) is 26.6 Å². The normalized spacial score (nSPS) is 10.4. The van der Waals surface area contributed by atoms with Gasteiger partial charge in [0.2, 0.25) is 5.91 Å². The summed E-state index contributed by atoms with van der Waals surface area (Å²) in [6.45, 7) is 2.61. The van der Waals surface area contributed by atoms with E-state index in [0.717, 1.165) is 16.7 Å². The van der Waals surface area contributed by atoms with Crippen LogP contribution in [0.1, 0.15) is 22.3 Å². The summed E-state index contributed by atoms with van der Waals surface area (Å²) in [4.78, 5) is 24.5. The maximum Gasteiger partial charge on any atom is 0.268 e. The van der Waals surface area contributed by atoms with Crippen LogP contribution in [-0.4, -0.2) is 20.3 Å². The summed E-state index contributed by atoms with van der Waals surface area (Å²) in [5, 5.41) is 16.1. The molecule has 0 bridgehead atoms. The van der Waals surface area contributed by atoms with Crippen molar-refractivity contribution in [3.05, 3.63) is 87.6 Å². The number of hydrogen-bond donors (Lipinski definition) is 1. The Morgan fingerprint density at radius 1 is 1.26 bits per heavy atom. The van der Waals surface area contributed by atoms with Crippen LogP contribution >= 0.6 is 0 Å². The van der Waals surface area contributed by atoms with Gasteiger partial charge in [-0.15, -0.1) is 0 Å². The first-order chi connectivity index (χ1) is 13.1. The van der Waals surface area contributed by atoms with Crippen molar-refractivity contribution in [3.8, 4) is 6.07 Å². The smallest absolute Gasteiger partial charge is 0.268 e. The second-order valence-corrected chi connectivity index (χ2v) is 6.23. The first-order valence-electron chi connectivity index (χ1n) is 8.49. The Hall–Kier alpha value is -3.66. The van der Waals surface area contributed by atoms with Crippen LogP contribution in [0.4, 0.5) is 0 Å². The van der Waals surface area contributed by atoms with Gasteiger partial charge in [0.1, 0.15) is 18.2 Å². The third-order valence-corrected chi connectivity index (χ3v) is 4.14. The van der Waals surface area contributed by atoms with Crippen molar-refractivity contribution in [2.24, 2.45) is 0 Å². The Bertz CT molecular complexity index is 1040. The van der Waals surface area contributed by atoms with Gasteiger partial charge < -0.3 is 9.88 Å². The Morgan fingerprint density at radius 2 is 2.04 bits per heavy atom. The number of carbonyl (C=O) groups is 1. The lowest BCUT2D eigenvalue weighted by molar-refractivity contribution is -0.121. The van der Waals surface area contributed by atoms with Crippen molar-refractivity contribution < 1.29 is 4.79 Å². The SMILES string of the molecule is Cc1cc(C#N)c(=O)n(CC(=O)NCc2ccccc2Cn2cccn2)c1. The first-order valence-corrected chi connectivity index (χ1v) is 8.49. The van der Waals surface area contributed by atoms with E-state index in [1.54, 1.807) is 19.3 Å². The molecule has 27 heavy (non-hydrogen) atoms. The molecule has 0 aliphatic heterocycles. The van der Waals surface area contributed by atoms with Crippen LogP contribution < -0.4 is 10.9 Å². The molecule has 3 aromatic rings. The molecular weight excluding hydrogens is 342 g/mol. The van der Waals surface area contributed by atoms with E-state index in [2.05, 4.69) is 10.4 Å². The second-order valence-electron chi connectivity index (χ2n) is 6.23. The molecule has 2 aromatic heterocycles. The molecule has 3 rings (SSSR count). The van der Waals surface area contributed by atoms with E-state index in [1.165, 1.54) is 10.6 Å². The second kappa shape index (κ2) is 8.15. The molecular formula is C20H19N5O2. The maximum atomic E-state index is 12.3. The molecule has 1 N–H and O–H groups in total. The number of rotatable bonds is 6. The lowest BCUT2D eigenvalue weighted by Crippen LogP contribution is -2.33. The molecule has 7 nitrogen and oxygen atoms in total. The average Bonchev–Trinajstić information content (AvgIpc) is 3.16. The van der Waals surface area contributed by atoms with Gasteiger partial charge in [-0.25, -0.2) is 0 Å². The lowest BCUT2D eigenvalue weighted by Gasteiger charge is -2.12. The monoisotopic (exact) mass is 361 g/mol. The summed E-state index contributed by atoms with van der Waals surface area (Å²) in [6.07, 6.45) is 5.18. The Balaban J connectivity index is 1.68. The Morgan fingerprint density at radius 3 is 2.74 bits per heavy atom. The van der Waals surface area contributed by atoms with E-state index < -0.39 is 5.56 Å². The minimum atomic E-state index is -0.461. The van der Waals surface area contributed by atoms with E-state index >= 15 is 0 Å². The van der Waals surface area contributed by atoms with Crippen molar-refractivity contribution in [3.63, 3.8) is 0 Å². The van der Waals surface area contributed by atoms with Crippen LogP contribution in [0.15, 0.2) is 59.8 Å². The standard InChI is InChI=1S/C20H19N5O2/c1-15-9-18(10-21)20(27)24(12-15)14-19(26)22-11-16-5-2-3-6-17(16)13-25-8-4-7-23-25/h2-9,12H,11,13-14H2,1H3,(H,22,26). The molecule has 0 saturated heterocycles. The zero-order valence-corrected chi connectivity index (χ0v) is 14.9. The summed E-state index contributed by atoms with van der Waals surface area (Å²) in [5.74, 6) is -0.291.